The smallest absolute Gasteiger partial charge is 0.317 e. The number of nitro benzene ring substituents is 1. The average molecular weight is 262 g/mol. The molecule has 0 aromatic heterocycles. The summed E-state index contributed by atoms with van der Waals surface area (Å²) in [6, 6.07) is 7.63. The molecule has 100 valence electrons. The predicted molar refractivity (Wildman–Crippen MR) is 67.3 cm³/mol. The number of rotatable bonds is 5. The molecule has 19 heavy (non-hydrogen) atoms. The van der Waals surface area contributed by atoms with Gasteiger partial charge in [0.1, 0.15) is 5.41 Å². The summed E-state index contributed by atoms with van der Waals surface area (Å²) in [5.74, 6) is -0.558. The third kappa shape index (κ3) is 3.07. The van der Waals surface area contributed by atoms with Crippen molar-refractivity contribution in [2.24, 2.45) is 0 Å². The van der Waals surface area contributed by atoms with E-state index in [4.69, 9.17) is 10.00 Å². The van der Waals surface area contributed by atoms with Crippen molar-refractivity contribution >= 4 is 11.7 Å². The van der Waals surface area contributed by atoms with Crippen LogP contribution in [0.4, 0.5) is 5.69 Å². The van der Waals surface area contributed by atoms with Crippen LogP contribution in [0.3, 0.4) is 0 Å². The van der Waals surface area contributed by atoms with Crippen LogP contribution < -0.4 is 0 Å². The average Bonchev–Trinajstić information content (AvgIpc) is 2.39. The lowest BCUT2D eigenvalue weighted by molar-refractivity contribution is -0.384. The van der Waals surface area contributed by atoms with Crippen molar-refractivity contribution in [2.75, 3.05) is 6.61 Å². The molecule has 0 amide bonds. The summed E-state index contributed by atoms with van der Waals surface area (Å²) in [5, 5.41) is 19.6. The zero-order chi connectivity index (χ0) is 14.5. The third-order valence-corrected chi connectivity index (χ3v) is 2.85. The lowest BCUT2D eigenvalue weighted by atomic mass is 9.80. The molecule has 0 radical (unpaired) electrons. The highest BCUT2D eigenvalue weighted by Crippen LogP contribution is 2.31. The van der Waals surface area contributed by atoms with Crippen molar-refractivity contribution in [3.8, 4) is 6.07 Å². The minimum Gasteiger partial charge on any atom is -0.465 e. The van der Waals surface area contributed by atoms with Gasteiger partial charge in [-0.15, -0.1) is 0 Å². The first-order chi connectivity index (χ1) is 8.95. The van der Waals surface area contributed by atoms with Gasteiger partial charge >= 0.3 is 5.97 Å². The molecule has 1 atom stereocenters. The Morgan fingerprint density at radius 3 is 2.79 bits per heavy atom. The van der Waals surface area contributed by atoms with E-state index in [1.54, 1.807) is 19.9 Å². The lowest BCUT2D eigenvalue weighted by Gasteiger charge is -2.24. The number of carbonyl (C=O) groups excluding carboxylic acids is 1. The second-order valence-corrected chi connectivity index (χ2v) is 4.19. The van der Waals surface area contributed by atoms with E-state index in [1.165, 1.54) is 18.2 Å². The van der Waals surface area contributed by atoms with Gasteiger partial charge < -0.3 is 4.74 Å². The third-order valence-electron chi connectivity index (χ3n) is 2.85. The molecule has 0 aliphatic heterocycles. The summed E-state index contributed by atoms with van der Waals surface area (Å²) in [6.07, 6.45) is -0.104. The van der Waals surface area contributed by atoms with E-state index in [9.17, 15) is 14.9 Å². The standard InChI is InChI=1S/C13H14N2O4/c1-3-19-12(16)13(2,7-8-14)10-5-4-6-11(9-10)15(17)18/h4-6,9H,3,7H2,1-2H3. The summed E-state index contributed by atoms with van der Waals surface area (Å²) in [5.41, 5.74) is -0.913. The molecule has 0 aliphatic rings. The molecule has 0 N–H and O–H groups in total. The molecule has 0 spiro atoms. The van der Waals surface area contributed by atoms with Gasteiger partial charge in [-0.2, -0.15) is 5.26 Å². The van der Waals surface area contributed by atoms with Crippen LogP contribution in [0.1, 0.15) is 25.8 Å². The van der Waals surface area contributed by atoms with Gasteiger partial charge in [-0.3, -0.25) is 14.9 Å². The number of esters is 1. The summed E-state index contributed by atoms with van der Waals surface area (Å²) in [6.45, 7) is 3.40. The first-order valence-electron chi connectivity index (χ1n) is 5.74. The summed E-state index contributed by atoms with van der Waals surface area (Å²) >= 11 is 0. The van der Waals surface area contributed by atoms with Gasteiger partial charge in [0.15, 0.2) is 0 Å². The fraction of sp³-hybridized carbons (Fsp3) is 0.385. The van der Waals surface area contributed by atoms with Gasteiger partial charge in [-0.1, -0.05) is 12.1 Å². The Labute approximate surface area is 110 Å². The van der Waals surface area contributed by atoms with E-state index in [0.717, 1.165) is 0 Å². The number of nitrogens with zero attached hydrogens (tertiary/aromatic N) is 2. The monoisotopic (exact) mass is 262 g/mol. The van der Waals surface area contributed by atoms with Crippen LogP contribution in [-0.2, 0) is 14.9 Å². The van der Waals surface area contributed by atoms with E-state index < -0.39 is 16.3 Å². The van der Waals surface area contributed by atoms with E-state index in [0.29, 0.717) is 5.56 Å². The predicted octanol–water partition coefficient (Wildman–Crippen LogP) is 2.33. The first kappa shape index (κ1) is 14.6. The fourth-order valence-electron chi connectivity index (χ4n) is 1.70. The van der Waals surface area contributed by atoms with E-state index in [-0.39, 0.29) is 18.7 Å². The maximum Gasteiger partial charge on any atom is 0.317 e. The van der Waals surface area contributed by atoms with Crippen molar-refractivity contribution in [3.05, 3.63) is 39.9 Å². The minimum atomic E-state index is -1.20. The van der Waals surface area contributed by atoms with Gasteiger partial charge in [0.25, 0.3) is 5.69 Å². The molecule has 0 heterocycles. The lowest BCUT2D eigenvalue weighted by Crippen LogP contribution is -2.34. The highest BCUT2D eigenvalue weighted by Gasteiger charge is 2.37. The second kappa shape index (κ2) is 5.96. The molecule has 0 saturated heterocycles. The van der Waals surface area contributed by atoms with Crippen LogP contribution in [-0.4, -0.2) is 17.5 Å². The Bertz CT molecular complexity index is 536. The van der Waals surface area contributed by atoms with Crippen LogP contribution in [0, 0.1) is 21.4 Å². The van der Waals surface area contributed by atoms with Crippen LogP contribution in [0.5, 0.6) is 0 Å². The second-order valence-electron chi connectivity index (χ2n) is 4.19. The normalized spacial score (nSPS) is 13.1. The first-order valence-corrected chi connectivity index (χ1v) is 5.74. The molecule has 1 unspecified atom stereocenters. The van der Waals surface area contributed by atoms with Crippen molar-refractivity contribution in [2.45, 2.75) is 25.7 Å². The molecule has 0 saturated carbocycles. The Balaban J connectivity index is 3.26. The van der Waals surface area contributed by atoms with Gasteiger partial charge in [0, 0.05) is 12.1 Å². The number of nitriles is 1. The molecular formula is C13H14N2O4. The van der Waals surface area contributed by atoms with E-state index in [1.807, 2.05) is 6.07 Å². The number of nitro groups is 1. The topological polar surface area (TPSA) is 93.2 Å². The maximum atomic E-state index is 12.0. The minimum absolute atomic E-state index is 0.104. The van der Waals surface area contributed by atoms with Crippen molar-refractivity contribution in [1.82, 2.24) is 0 Å². The van der Waals surface area contributed by atoms with Gasteiger partial charge in [-0.05, 0) is 19.4 Å². The number of hydrogen-bond acceptors (Lipinski definition) is 5. The highest BCUT2D eigenvalue weighted by molar-refractivity contribution is 5.83. The molecule has 0 bridgehead atoms. The molecule has 1 aromatic rings. The van der Waals surface area contributed by atoms with E-state index in [2.05, 4.69) is 0 Å². The molecule has 1 aromatic carbocycles. The zero-order valence-corrected chi connectivity index (χ0v) is 10.8. The van der Waals surface area contributed by atoms with Gasteiger partial charge in [0.05, 0.1) is 24.0 Å². The van der Waals surface area contributed by atoms with Crippen molar-refractivity contribution in [1.29, 1.82) is 5.26 Å². The number of hydrogen-bond donors (Lipinski definition) is 0. The molecule has 0 aliphatic carbocycles. The molecule has 1 rings (SSSR count). The Hall–Kier alpha value is -2.42. The number of benzene rings is 1. The SMILES string of the molecule is CCOC(=O)C(C)(CC#N)c1cccc([N+](=O)[O-])c1. The molecule has 0 fully saturated rings. The number of ether oxygens (including phenoxy) is 1. The summed E-state index contributed by atoms with van der Waals surface area (Å²) in [7, 11) is 0. The van der Waals surface area contributed by atoms with Crippen LogP contribution in [0.25, 0.3) is 0 Å². The van der Waals surface area contributed by atoms with Gasteiger partial charge in [0.2, 0.25) is 0 Å². The number of non-ortho nitro benzene ring substituents is 1. The Kier molecular flexibility index (Phi) is 4.59. The maximum absolute atomic E-state index is 12.0. The van der Waals surface area contributed by atoms with Crippen LogP contribution >= 0.6 is 0 Å². The Morgan fingerprint density at radius 1 is 1.58 bits per heavy atom. The van der Waals surface area contributed by atoms with Crippen molar-refractivity contribution in [3.63, 3.8) is 0 Å². The Morgan fingerprint density at radius 2 is 2.26 bits per heavy atom. The summed E-state index contributed by atoms with van der Waals surface area (Å²) < 4.78 is 4.95. The van der Waals surface area contributed by atoms with Crippen molar-refractivity contribution < 1.29 is 14.5 Å². The zero-order valence-electron chi connectivity index (χ0n) is 10.8. The molecule has 6 heteroatoms. The highest BCUT2D eigenvalue weighted by atomic mass is 16.6. The van der Waals surface area contributed by atoms with Crippen LogP contribution in [0.2, 0.25) is 0 Å². The largest absolute Gasteiger partial charge is 0.465 e. The molecule has 6 nitrogen and oxygen atoms in total. The van der Waals surface area contributed by atoms with E-state index >= 15 is 0 Å². The number of carbonyl (C=O) groups is 1. The quantitative estimate of drug-likeness (QED) is 0.461. The molecular weight excluding hydrogens is 248 g/mol. The fourth-order valence-corrected chi connectivity index (χ4v) is 1.70. The van der Waals surface area contributed by atoms with Gasteiger partial charge in [-0.25, -0.2) is 0 Å². The summed E-state index contributed by atoms with van der Waals surface area (Å²) in [4.78, 5) is 22.2. The van der Waals surface area contributed by atoms with Crippen LogP contribution in [0.15, 0.2) is 24.3 Å².